The number of halogens is 2. The molecule has 0 atom stereocenters. The van der Waals surface area contributed by atoms with Gasteiger partial charge in [0.1, 0.15) is 11.6 Å². The number of anilines is 1. The van der Waals surface area contributed by atoms with Crippen molar-refractivity contribution in [2.24, 2.45) is 5.92 Å². The number of piperidine rings is 1. The number of nitrogens with one attached hydrogen (secondary N) is 2. The minimum Gasteiger partial charge on any atom is -0.348 e. The number of rotatable bonds is 6. The molecule has 1 saturated heterocycles. The van der Waals surface area contributed by atoms with Gasteiger partial charge in [-0.1, -0.05) is 30.3 Å². The first-order valence-corrected chi connectivity index (χ1v) is 9.82. The second-order valence-electron chi connectivity index (χ2n) is 7.31. The molecular weight excluding hydrogens is 376 g/mol. The molecule has 2 aromatic carbocycles. The molecule has 2 amide bonds. The van der Waals surface area contributed by atoms with Crippen LogP contribution in [0, 0.1) is 17.6 Å². The molecule has 3 rings (SSSR count). The fraction of sp³-hybridized carbons (Fsp3) is 0.364. The highest BCUT2D eigenvalue weighted by Crippen LogP contribution is 2.17. The van der Waals surface area contributed by atoms with Crippen LogP contribution in [-0.2, 0) is 16.0 Å². The average Bonchev–Trinajstić information content (AvgIpc) is 2.74. The van der Waals surface area contributed by atoms with E-state index in [1.54, 1.807) is 0 Å². The van der Waals surface area contributed by atoms with Crippen molar-refractivity contribution in [2.75, 3.05) is 31.5 Å². The second-order valence-corrected chi connectivity index (χ2v) is 7.31. The Morgan fingerprint density at radius 3 is 2.45 bits per heavy atom. The van der Waals surface area contributed by atoms with Gasteiger partial charge in [0, 0.05) is 19.2 Å². The number of carbonyl (C=O) groups is 2. The molecule has 0 radical (unpaired) electrons. The van der Waals surface area contributed by atoms with Gasteiger partial charge in [-0.3, -0.25) is 9.59 Å². The Hall–Kier alpha value is -2.80. The summed E-state index contributed by atoms with van der Waals surface area (Å²) in [5, 5.41) is 4.70. The van der Waals surface area contributed by atoms with Crippen LogP contribution in [0.25, 0.3) is 0 Å². The maximum Gasteiger partial charge on any atom is 0.313 e. The Kier molecular flexibility index (Phi) is 7.30. The molecule has 0 spiro atoms. The summed E-state index contributed by atoms with van der Waals surface area (Å²) < 4.78 is 26.7. The fourth-order valence-electron chi connectivity index (χ4n) is 3.44. The van der Waals surface area contributed by atoms with Crippen LogP contribution in [0.3, 0.4) is 0 Å². The van der Waals surface area contributed by atoms with E-state index < -0.39 is 23.4 Å². The molecule has 29 heavy (non-hydrogen) atoms. The lowest BCUT2D eigenvalue weighted by Crippen LogP contribution is -2.42. The van der Waals surface area contributed by atoms with Crippen molar-refractivity contribution < 1.29 is 18.4 Å². The van der Waals surface area contributed by atoms with E-state index in [1.807, 2.05) is 18.2 Å². The molecule has 1 aliphatic rings. The van der Waals surface area contributed by atoms with Crippen LogP contribution >= 0.6 is 0 Å². The van der Waals surface area contributed by atoms with Crippen LogP contribution < -0.4 is 10.6 Å². The zero-order chi connectivity index (χ0) is 20.6. The number of hydrogen-bond donors (Lipinski definition) is 2. The van der Waals surface area contributed by atoms with Crippen LogP contribution in [0.5, 0.6) is 0 Å². The zero-order valence-electron chi connectivity index (χ0n) is 16.2. The summed E-state index contributed by atoms with van der Waals surface area (Å²) in [4.78, 5) is 26.3. The first kappa shape index (κ1) is 20.9. The lowest BCUT2D eigenvalue weighted by Gasteiger charge is -2.32. The van der Waals surface area contributed by atoms with E-state index in [2.05, 4.69) is 27.7 Å². The number of carbonyl (C=O) groups excluding carboxylic acids is 2. The highest BCUT2D eigenvalue weighted by atomic mass is 19.1. The van der Waals surface area contributed by atoms with Crippen molar-refractivity contribution in [3.63, 3.8) is 0 Å². The van der Waals surface area contributed by atoms with Gasteiger partial charge in [-0.05, 0) is 56.0 Å². The van der Waals surface area contributed by atoms with Crippen LogP contribution in [0.15, 0.2) is 48.5 Å². The zero-order valence-corrected chi connectivity index (χ0v) is 16.2. The molecule has 5 nitrogen and oxygen atoms in total. The van der Waals surface area contributed by atoms with E-state index >= 15 is 0 Å². The van der Waals surface area contributed by atoms with Crippen molar-refractivity contribution >= 4 is 17.5 Å². The average molecular weight is 401 g/mol. The Morgan fingerprint density at radius 1 is 1.00 bits per heavy atom. The van der Waals surface area contributed by atoms with Gasteiger partial charge < -0.3 is 15.5 Å². The Bertz CT molecular complexity index is 837. The van der Waals surface area contributed by atoms with Gasteiger partial charge in [-0.2, -0.15) is 0 Å². The highest BCUT2D eigenvalue weighted by molar-refractivity contribution is 6.39. The molecule has 1 aliphatic heterocycles. The number of hydrogen-bond acceptors (Lipinski definition) is 3. The van der Waals surface area contributed by atoms with Gasteiger partial charge in [-0.25, -0.2) is 8.78 Å². The van der Waals surface area contributed by atoms with Crippen molar-refractivity contribution in [1.29, 1.82) is 0 Å². The topological polar surface area (TPSA) is 61.4 Å². The highest BCUT2D eigenvalue weighted by Gasteiger charge is 2.21. The van der Waals surface area contributed by atoms with Gasteiger partial charge in [0.05, 0.1) is 5.69 Å². The first-order chi connectivity index (χ1) is 14.0. The van der Waals surface area contributed by atoms with Gasteiger partial charge >= 0.3 is 11.8 Å². The molecule has 1 heterocycles. The maximum atomic E-state index is 13.6. The summed E-state index contributed by atoms with van der Waals surface area (Å²) in [7, 11) is 0. The van der Waals surface area contributed by atoms with Gasteiger partial charge in [0.15, 0.2) is 0 Å². The van der Waals surface area contributed by atoms with E-state index in [4.69, 9.17) is 0 Å². The maximum absolute atomic E-state index is 13.6. The van der Waals surface area contributed by atoms with Crippen molar-refractivity contribution in [1.82, 2.24) is 10.2 Å². The second kappa shape index (κ2) is 10.1. The molecule has 0 unspecified atom stereocenters. The fourth-order valence-corrected chi connectivity index (χ4v) is 3.44. The third-order valence-electron chi connectivity index (χ3n) is 5.20. The Morgan fingerprint density at radius 2 is 1.72 bits per heavy atom. The Balaban J connectivity index is 1.36. The molecule has 0 aromatic heterocycles. The van der Waals surface area contributed by atoms with E-state index in [0.29, 0.717) is 12.5 Å². The number of likely N-dealkylation sites (tertiary alicyclic amines) is 1. The molecule has 0 saturated carbocycles. The molecule has 0 bridgehead atoms. The predicted molar refractivity (Wildman–Crippen MR) is 107 cm³/mol. The van der Waals surface area contributed by atoms with Crippen LogP contribution in [0.4, 0.5) is 14.5 Å². The van der Waals surface area contributed by atoms with Crippen molar-refractivity contribution in [3.8, 4) is 0 Å². The molecule has 0 aliphatic carbocycles. The number of benzene rings is 2. The molecule has 7 heteroatoms. The van der Waals surface area contributed by atoms with E-state index in [9.17, 15) is 18.4 Å². The molecule has 2 aromatic rings. The molecule has 154 valence electrons. The van der Waals surface area contributed by atoms with Gasteiger partial charge in [0.2, 0.25) is 0 Å². The summed E-state index contributed by atoms with van der Waals surface area (Å²) in [5.41, 5.74) is 0.972. The monoisotopic (exact) mass is 401 g/mol. The number of amides is 2. The van der Waals surface area contributed by atoms with Gasteiger partial charge in [0.25, 0.3) is 0 Å². The lowest BCUT2D eigenvalue weighted by molar-refractivity contribution is -0.136. The largest absolute Gasteiger partial charge is 0.348 e. The molecular formula is C22H25F2N3O2. The quantitative estimate of drug-likeness (QED) is 0.732. The standard InChI is InChI=1S/C22H25F2N3O2/c23-18-6-7-19(24)20(14-18)26-22(29)21(28)25-15-17-9-12-27(13-10-17)11-8-16-4-2-1-3-5-16/h1-7,14,17H,8-13,15H2,(H,25,28)(H,26,29). The van der Waals surface area contributed by atoms with E-state index in [0.717, 1.165) is 57.1 Å². The minimum absolute atomic E-state index is 0.297. The van der Waals surface area contributed by atoms with Crippen molar-refractivity contribution in [3.05, 3.63) is 65.7 Å². The summed E-state index contributed by atoms with van der Waals surface area (Å²) in [5.74, 6) is -3.04. The number of nitrogens with zero attached hydrogens (tertiary/aromatic N) is 1. The SMILES string of the molecule is O=C(NCC1CCN(CCc2ccccc2)CC1)C(=O)Nc1cc(F)ccc1F. The molecule has 1 fully saturated rings. The van der Waals surface area contributed by atoms with E-state index in [-0.39, 0.29) is 5.69 Å². The minimum atomic E-state index is -1.00. The van der Waals surface area contributed by atoms with Crippen LogP contribution in [0.2, 0.25) is 0 Å². The van der Waals surface area contributed by atoms with Crippen molar-refractivity contribution in [2.45, 2.75) is 19.3 Å². The smallest absolute Gasteiger partial charge is 0.313 e. The summed E-state index contributed by atoms with van der Waals surface area (Å²) in [6, 6.07) is 13.0. The van der Waals surface area contributed by atoms with E-state index in [1.165, 1.54) is 5.56 Å². The molecule has 2 N–H and O–H groups in total. The third kappa shape index (κ3) is 6.35. The summed E-state index contributed by atoms with van der Waals surface area (Å²) in [6.45, 7) is 3.30. The normalized spacial score (nSPS) is 15.1. The predicted octanol–water partition coefficient (Wildman–Crippen LogP) is 2.97. The summed E-state index contributed by atoms with van der Waals surface area (Å²) >= 11 is 0. The first-order valence-electron chi connectivity index (χ1n) is 9.82. The van der Waals surface area contributed by atoms with Crippen LogP contribution in [-0.4, -0.2) is 42.9 Å². The summed E-state index contributed by atoms with van der Waals surface area (Å²) in [6.07, 6.45) is 2.89. The lowest BCUT2D eigenvalue weighted by atomic mass is 9.96. The Labute approximate surface area is 169 Å². The van der Waals surface area contributed by atoms with Gasteiger partial charge in [-0.15, -0.1) is 0 Å². The van der Waals surface area contributed by atoms with Crippen LogP contribution in [0.1, 0.15) is 18.4 Å². The third-order valence-corrected chi connectivity index (χ3v) is 5.20.